The van der Waals surface area contributed by atoms with E-state index in [2.05, 4.69) is 0 Å². The summed E-state index contributed by atoms with van der Waals surface area (Å²) in [4.78, 5) is 12.5. The lowest BCUT2D eigenvalue weighted by Crippen LogP contribution is -2.02. The van der Waals surface area contributed by atoms with E-state index in [1.165, 1.54) is 0 Å². The molecule has 0 aromatic heterocycles. The van der Waals surface area contributed by atoms with Crippen LogP contribution in [0.3, 0.4) is 0 Å². The molecule has 0 saturated heterocycles. The van der Waals surface area contributed by atoms with Crippen LogP contribution in [0.15, 0.2) is 72.8 Å². The Bertz CT molecular complexity index is 633. The highest BCUT2D eigenvalue weighted by molar-refractivity contribution is 6.09. The molecule has 2 aromatic rings. The van der Waals surface area contributed by atoms with E-state index in [-0.39, 0.29) is 5.78 Å². The Hall–Kier alpha value is -2.81. The van der Waals surface area contributed by atoms with Gasteiger partial charge in [0, 0.05) is 11.1 Å². The molecular formula is C21H22O3. The van der Waals surface area contributed by atoms with Gasteiger partial charge in [0.1, 0.15) is 24.7 Å². The lowest BCUT2D eigenvalue weighted by molar-refractivity contribution is 0.103. The van der Waals surface area contributed by atoms with Gasteiger partial charge in [0.15, 0.2) is 5.78 Å². The topological polar surface area (TPSA) is 35.5 Å². The molecule has 3 heteroatoms. The molecular weight excluding hydrogens is 300 g/mol. The van der Waals surface area contributed by atoms with E-state index in [9.17, 15) is 4.79 Å². The second-order valence-electron chi connectivity index (χ2n) is 5.14. The number of hydrogen-bond acceptors (Lipinski definition) is 3. The number of rotatable bonds is 8. The summed E-state index contributed by atoms with van der Waals surface area (Å²) in [6, 6.07) is 14.4. The van der Waals surface area contributed by atoms with Gasteiger partial charge in [0.25, 0.3) is 0 Å². The van der Waals surface area contributed by atoms with Crippen LogP contribution in [-0.4, -0.2) is 19.0 Å². The van der Waals surface area contributed by atoms with Crippen LogP contribution in [0.2, 0.25) is 0 Å². The Morgan fingerprint density at radius 1 is 0.750 bits per heavy atom. The Morgan fingerprint density at radius 2 is 1.12 bits per heavy atom. The standard InChI is InChI=1S/C21H22O3/c1-3-5-15-23-19-11-7-17(8-12-19)21(22)18-9-13-20(14-10-18)24-16-6-4-2/h3-14H,15-16H2,1-2H3. The summed E-state index contributed by atoms with van der Waals surface area (Å²) in [7, 11) is 0. The number of carbonyl (C=O) groups is 1. The highest BCUT2D eigenvalue weighted by Crippen LogP contribution is 2.18. The highest BCUT2D eigenvalue weighted by atomic mass is 16.5. The van der Waals surface area contributed by atoms with Crippen molar-refractivity contribution < 1.29 is 14.3 Å². The fourth-order valence-electron chi connectivity index (χ4n) is 2.05. The first-order valence-electron chi connectivity index (χ1n) is 7.97. The predicted octanol–water partition coefficient (Wildman–Crippen LogP) is 4.83. The van der Waals surface area contributed by atoms with Gasteiger partial charge >= 0.3 is 0 Å². The van der Waals surface area contributed by atoms with Gasteiger partial charge in [-0.3, -0.25) is 4.79 Å². The van der Waals surface area contributed by atoms with Crippen molar-refractivity contribution in [2.45, 2.75) is 13.8 Å². The van der Waals surface area contributed by atoms with Crippen molar-refractivity contribution in [1.82, 2.24) is 0 Å². The summed E-state index contributed by atoms with van der Waals surface area (Å²) < 4.78 is 11.1. The molecule has 0 aliphatic carbocycles. The number of allylic oxidation sites excluding steroid dienone is 2. The Kier molecular flexibility index (Phi) is 6.84. The van der Waals surface area contributed by atoms with Crippen LogP contribution < -0.4 is 9.47 Å². The minimum Gasteiger partial charge on any atom is -0.490 e. The Morgan fingerprint density at radius 3 is 1.46 bits per heavy atom. The molecule has 124 valence electrons. The maximum atomic E-state index is 12.5. The van der Waals surface area contributed by atoms with Crippen LogP contribution in [0.5, 0.6) is 11.5 Å². The van der Waals surface area contributed by atoms with E-state index in [4.69, 9.17) is 9.47 Å². The van der Waals surface area contributed by atoms with Crippen molar-refractivity contribution >= 4 is 5.78 Å². The van der Waals surface area contributed by atoms with E-state index >= 15 is 0 Å². The SMILES string of the molecule is CC=CCOc1ccc(C(=O)c2ccc(OCC=CC)cc2)cc1. The fourth-order valence-corrected chi connectivity index (χ4v) is 2.05. The summed E-state index contributed by atoms with van der Waals surface area (Å²) in [5.74, 6) is 1.48. The Labute approximate surface area is 143 Å². The first-order valence-corrected chi connectivity index (χ1v) is 7.97. The number of carbonyl (C=O) groups excluding carboxylic acids is 1. The molecule has 0 spiro atoms. The maximum absolute atomic E-state index is 12.5. The maximum Gasteiger partial charge on any atom is 0.193 e. The average molecular weight is 322 g/mol. The van der Waals surface area contributed by atoms with Crippen molar-refractivity contribution in [2.24, 2.45) is 0 Å². The lowest BCUT2D eigenvalue weighted by Gasteiger charge is -2.06. The molecule has 0 heterocycles. The fraction of sp³-hybridized carbons (Fsp3) is 0.190. The summed E-state index contributed by atoms with van der Waals surface area (Å²) >= 11 is 0. The van der Waals surface area contributed by atoms with Crippen LogP contribution in [0.4, 0.5) is 0 Å². The number of benzene rings is 2. The molecule has 0 radical (unpaired) electrons. The van der Waals surface area contributed by atoms with Gasteiger partial charge in [-0.25, -0.2) is 0 Å². The van der Waals surface area contributed by atoms with Crippen molar-refractivity contribution in [3.8, 4) is 11.5 Å². The van der Waals surface area contributed by atoms with E-state index in [1.54, 1.807) is 24.3 Å². The third kappa shape index (κ3) is 5.13. The molecule has 0 aliphatic rings. The number of hydrogen-bond donors (Lipinski definition) is 0. The molecule has 3 nitrogen and oxygen atoms in total. The van der Waals surface area contributed by atoms with Crippen LogP contribution in [-0.2, 0) is 0 Å². The quantitative estimate of drug-likeness (QED) is 0.516. The zero-order valence-electron chi connectivity index (χ0n) is 14.1. The molecule has 0 fully saturated rings. The van der Waals surface area contributed by atoms with Crippen LogP contribution >= 0.6 is 0 Å². The zero-order valence-corrected chi connectivity index (χ0v) is 14.1. The molecule has 0 N–H and O–H groups in total. The zero-order chi connectivity index (χ0) is 17.2. The molecule has 24 heavy (non-hydrogen) atoms. The van der Waals surface area contributed by atoms with Crippen molar-refractivity contribution in [1.29, 1.82) is 0 Å². The normalized spacial score (nSPS) is 11.1. The second-order valence-corrected chi connectivity index (χ2v) is 5.14. The molecule has 0 aliphatic heterocycles. The smallest absolute Gasteiger partial charge is 0.193 e. The minimum absolute atomic E-state index is 0.0185. The van der Waals surface area contributed by atoms with Gasteiger partial charge < -0.3 is 9.47 Å². The molecule has 0 unspecified atom stereocenters. The molecule has 0 atom stereocenters. The van der Waals surface area contributed by atoms with Gasteiger partial charge in [-0.15, -0.1) is 0 Å². The third-order valence-electron chi connectivity index (χ3n) is 3.40. The predicted molar refractivity (Wildman–Crippen MR) is 96.9 cm³/mol. The molecule has 0 bridgehead atoms. The van der Waals surface area contributed by atoms with E-state index in [1.807, 2.05) is 62.4 Å². The van der Waals surface area contributed by atoms with E-state index < -0.39 is 0 Å². The minimum atomic E-state index is -0.0185. The Balaban J connectivity index is 2.00. The molecule has 2 aromatic carbocycles. The van der Waals surface area contributed by atoms with Crippen molar-refractivity contribution in [2.75, 3.05) is 13.2 Å². The van der Waals surface area contributed by atoms with Crippen LogP contribution in [0.1, 0.15) is 29.8 Å². The average Bonchev–Trinajstić information content (AvgIpc) is 2.63. The summed E-state index contributed by atoms with van der Waals surface area (Å²) in [5.41, 5.74) is 1.27. The molecule has 2 rings (SSSR count). The highest BCUT2D eigenvalue weighted by Gasteiger charge is 2.09. The van der Waals surface area contributed by atoms with Gasteiger partial charge in [-0.1, -0.05) is 24.3 Å². The van der Waals surface area contributed by atoms with E-state index in [0.29, 0.717) is 24.3 Å². The first kappa shape index (κ1) is 17.5. The van der Waals surface area contributed by atoms with Gasteiger partial charge in [0.05, 0.1) is 0 Å². The number of ketones is 1. The lowest BCUT2D eigenvalue weighted by atomic mass is 10.0. The monoisotopic (exact) mass is 322 g/mol. The first-order chi connectivity index (χ1) is 11.7. The van der Waals surface area contributed by atoms with Crippen LogP contribution in [0, 0.1) is 0 Å². The van der Waals surface area contributed by atoms with Crippen molar-refractivity contribution in [3.63, 3.8) is 0 Å². The summed E-state index contributed by atoms with van der Waals surface area (Å²) in [6.07, 6.45) is 7.73. The van der Waals surface area contributed by atoms with E-state index in [0.717, 1.165) is 11.5 Å². The van der Waals surface area contributed by atoms with Crippen LogP contribution in [0.25, 0.3) is 0 Å². The third-order valence-corrected chi connectivity index (χ3v) is 3.40. The van der Waals surface area contributed by atoms with Gasteiger partial charge in [-0.05, 0) is 62.4 Å². The molecule has 0 saturated carbocycles. The second kappa shape index (κ2) is 9.36. The summed E-state index contributed by atoms with van der Waals surface area (Å²) in [6.45, 7) is 4.95. The molecule has 0 amide bonds. The van der Waals surface area contributed by atoms with Gasteiger partial charge in [0.2, 0.25) is 0 Å². The van der Waals surface area contributed by atoms with Crippen molar-refractivity contribution in [3.05, 3.63) is 84.0 Å². The van der Waals surface area contributed by atoms with Gasteiger partial charge in [-0.2, -0.15) is 0 Å². The number of ether oxygens (including phenoxy) is 2. The largest absolute Gasteiger partial charge is 0.490 e. The summed E-state index contributed by atoms with van der Waals surface area (Å²) in [5, 5.41) is 0.